The van der Waals surface area contributed by atoms with Crippen LogP contribution in [0.25, 0.3) is 0 Å². The van der Waals surface area contributed by atoms with Crippen LogP contribution in [0.2, 0.25) is 0 Å². The van der Waals surface area contributed by atoms with Gasteiger partial charge in [0.2, 0.25) is 5.95 Å². The van der Waals surface area contributed by atoms with Gasteiger partial charge in [0.1, 0.15) is 0 Å². The largest absolute Gasteiger partial charge is 0.352 e. The lowest BCUT2D eigenvalue weighted by atomic mass is 10.2. The second-order valence-electron chi connectivity index (χ2n) is 4.20. The van der Waals surface area contributed by atoms with Crippen molar-refractivity contribution in [3.8, 4) is 0 Å². The van der Waals surface area contributed by atoms with Gasteiger partial charge in [0.25, 0.3) is 0 Å². The summed E-state index contributed by atoms with van der Waals surface area (Å²) in [4.78, 5) is 4.15. The molecule has 0 saturated carbocycles. The van der Waals surface area contributed by atoms with Gasteiger partial charge in [0, 0.05) is 25.5 Å². The fraction of sp³-hybridized carbons (Fsp3) is 0.545. The number of rotatable bonds is 5. The third-order valence-electron chi connectivity index (χ3n) is 2.98. The Morgan fingerprint density at radius 1 is 1.65 bits per heavy atom. The number of aromatic nitrogens is 2. The summed E-state index contributed by atoms with van der Waals surface area (Å²) >= 11 is 0. The topological polar surface area (TPSA) is 64.0 Å². The zero-order valence-electron chi connectivity index (χ0n) is 9.67. The van der Waals surface area contributed by atoms with Crippen molar-refractivity contribution in [3.05, 3.63) is 25.0 Å². The number of nitrogens with zero attached hydrogens (tertiary/aromatic N) is 2. The van der Waals surface area contributed by atoms with E-state index in [-0.39, 0.29) is 5.25 Å². The molecule has 6 heteroatoms. The standard InChI is InChI=1S/C11H17N3O2S/c1-2-5-12-11-13-6-7-14(11)9-10-4-3-8-17(10,15)16/h2,6-7,10H,1,3-5,8-9H2,(H,12,13). The van der Waals surface area contributed by atoms with E-state index in [4.69, 9.17) is 0 Å². The molecule has 94 valence electrons. The molecular formula is C11H17N3O2S. The first-order valence-electron chi connectivity index (χ1n) is 5.71. The maximum Gasteiger partial charge on any atom is 0.203 e. The van der Waals surface area contributed by atoms with Crippen molar-refractivity contribution in [1.29, 1.82) is 0 Å². The monoisotopic (exact) mass is 255 g/mol. The molecule has 1 saturated heterocycles. The summed E-state index contributed by atoms with van der Waals surface area (Å²) in [6.07, 6.45) is 6.75. The van der Waals surface area contributed by atoms with Crippen LogP contribution in [0.4, 0.5) is 5.95 Å². The van der Waals surface area contributed by atoms with Gasteiger partial charge in [0.15, 0.2) is 9.84 Å². The van der Waals surface area contributed by atoms with Crippen LogP contribution in [0, 0.1) is 0 Å². The van der Waals surface area contributed by atoms with Crippen LogP contribution in [0.1, 0.15) is 12.8 Å². The lowest BCUT2D eigenvalue weighted by molar-refractivity contribution is 0.567. The van der Waals surface area contributed by atoms with Crippen molar-refractivity contribution in [3.63, 3.8) is 0 Å². The smallest absolute Gasteiger partial charge is 0.203 e. The average molecular weight is 255 g/mol. The van der Waals surface area contributed by atoms with Gasteiger partial charge in [-0.25, -0.2) is 13.4 Å². The number of nitrogens with one attached hydrogen (secondary N) is 1. The maximum absolute atomic E-state index is 11.7. The van der Waals surface area contributed by atoms with Gasteiger partial charge in [-0.1, -0.05) is 6.08 Å². The summed E-state index contributed by atoms with van der Waals surface area (Å²) in [5.41, 5.74) is 0. The Balaban J connectivity index is 2.08. The molecular weight excluding hydrogens is 238 g/mol. The Hall–Kier alpha value is -1.30. The molecule has 1 aliphatic heterocycles. The van der Waals surface area contributed by atoms with Crippen molar-refractivity contribution in [2.24, 2.45) is 0 Å². The fourth-order valence-electron chi connectivity index (χ4n) is 2.07. The molecule has 2 rings (SSSR count). The second kappa shape index (κ2) is 4.91. The van der Waals surface area contributed by atoms with E-state index in [1.807, 2.05) is 4.57 Å². The predicted molar refractivity (Wildman–Crippen MR) is 67.7 cm³/mol. The van der Waals surface area contributed by atoms with E-state index >= 15 is 0 Å². The molecule has 0 aromatic carbocycles. The van der Waals surface area contributed by atoms with Gasteiger partial charge in [-0.3, -0.25) is 0 Å². The summed E-state index contributed by atoms with van der Waals surface area (Å²) in [6.45, 7) is 4.73. The SMILES string of the molecule is C=CCNc1nccn1CC1CCCS1(=O)=O. The first-order valence-corrected chi connectivity index (χ1v) is 7.42. The van der Waals surface area contributed by atoms with Crippen molar-refractivity contribution in [2.45, 2.75) is 24.6 Å². The molecule has 1 atom stereocenters. The van der Waals surface area contributed by atoms with E-state index in [0.29, 0.717) is 24.8 Å². The van der Waals surface area contributed by atoms with Gasteiger partial charge in [-0.2, -0.15) is 0 Å². The minimum Gasteiger partial charge on any atom is -0.352 e. The summed E-state index contributed by atoms with van der Waals surface area (Å²) in [5, 5.41) is 2.82. The molecule has 0 radical (unpaired) electrons. The van der Waals surface area contributed by atoms with Gasteiger partial charge >= 0.3 is 0 Å². The molecule has 17 heavy (non-hydrogen) atoms. The number of anilines is 1. The Kier molecular flexibility index (Phi) is 3.51. The molecule has 1 fully saturated rings. The first-order chi connectivity index (χ1) is 8.13. The van der Waals surface area contributed by atoms with Crippen LogP contribution in [-0.4, -0.2) is 35.5 Å². The molecule has 0 amide bonds. The lowest BCUT2D eigenvalue weighted by Crippen LogP contribution is -2.23. The van der Waals surface area contributed by atoms with E-state index in [9.17, 15) is 8.42 Å². The highest BCUT2D eigenvalue weighted by molar-refractivity contribution is 7.92. The van der Waals surface area contributed by atoms with Crippen LogP contribution >= 0.6 is 0 Å². The molecule has 1 aromatic heterocycles. The third kappa shape index (κ3) is 2.69. The summed E-state index contributed by atoms with van der Waals surface area (Å²) in [6, 6.07) is 0. The second-order valence-corrected chi connectivity index (χ2v) is 6.60. The number of imidazole rings is 1. The molecule has 1 N–H and O–H groups in total. The highest BCUT2D eigenvalue weighted by atomic mass is 32.2. The van der Waals surface area contributed by atoms with Crippen molar-refractivity contribution in [2.75, 3.05) is 17.6 Å². The van der Waals surface area contributed by atoms with Gasteiger partial charge in [0.05, 0.1) is 11.0 Å². The van der Waals surface area contributed by atoms with E-state index in [1.165, 1.54) is 0 Å². The van der Waals surface area contributed by atoms with Crippen LogP contribution < -0.4 is 5.32 Å². The van der Waals surface area contributed by atoms with E-state index < -0.39 is 9.84 Å². The zero-order valence-corrected chi connectivity index (χ0v) is 10.5. The molecule has 0 spiro atoms. The molecule has 0 bridgehead atoms. The Morgan fingerprint density at radius 3 is 3.12 bits per heavy atom. The maximum atomic E-state index is 11.7. The molecule has 5 nitrogen and oxygen atoms in total. The highest BCUT2D eigenvalue weighted by Gasteiger charge is 2.31. The number of sulfone groups is 1. The first kappa shape index (κ1) is 12.2. The molecule has 2 heterocycles. The molecule has 1 aromatic rings. The fourth-order valence-corrected chi connectivity index (χ4v) is 3.89. The highest BCUT2D eigenvalue weighted by Crippen LogP contribution is 2.22. The van der Waals surface area contributed by atoms with E-state index in [2.05, 4.69) is 16.9 Å². The minimum absolute atomic E-state index is 0.263. The summed E-state index contributed by atoms with van der Waals surface area (Å²) < 4.78 is 25.3. The summed E-state index contributed by atoms with van der Waals surface area (Å²) in [5.74, 6) is 1.02. The zero-order chi connectivity index (χ0) is 12.3. The quantitative estimate of drug-likeness (QED) is 0.799. The van der Waals surface area contributed by atoms with Gasteiger partial charge < -0.3 is 9.88 Å². The Morgan fingerprint density at radius 2 is 2.47 bits per heavy atom. The molecule has 1 aliphatic rings. The van der Waals surface area contributed by atoms with Crippen molar-refractivity contribution < 1.29 is 8.42 Å². The lowest BCUT2D eigenvalue weighted by Gasteiger charge is -2.13. The summed E-state index contributed by atoms with van der Waals surface area (Å²) in [7, 11) is -2.90. The molecule has 0 aliphatic carbocycles. The number of hydrogen-bond acceptors (Lipinski definition) is 4. The van der Waals surface area contributed by atoms with Crippen LogP contribution in [-0.2, 0) is 16.4 Å². The minimum atomic E-state index is -2.90. The van der Waals surface area contributed by atoms with Crippen LogP contribution in [0.5, 0.6) is 0 Å². The number of hydrogen-bond donors (Lipinski definition) is 1. The van der Waals surface area contributed by atoms with E-state index in [0.717, 1.165) is 12.8 Å². The predicted octanol–water partition coefficient (Wildman–Crippen LogP) is 1.06. The van der Waals surface area contributed by atoms with Crippen molar-refractivity contribution in [1.82, 2.24) is 9.55 Å². The van der Waals surface area contributed by atoms with Gasteiger partial charge in [-0.15, -0.1) is 6.58 Å². The van der Waals surface area contributed by atoms with Crippen molar-refractivity contribution >= 4 is 15.8 Å². The van der Waals surface area contributed by atoms with E-state index in [1.54, 1.807) is 18.5 Å². The normalized spacial score (nSPS) is 22.5. The van der Waals surface area contributed by atoms with Crippen LogP contribution in [0.15, 0.2) is 25.0 Å². The Labute approximate surface area is 101 Å². The third-order valence-corrected chi connectivity index (χ3v) is 5.24. The Bertz CT molecular complexity index is 493. The van der Waals surface area contributed by atoms with Gasteiger partial charge in [-0.05, 0) is 12.8 Å². The molecule has 1 unspecified atom stereocenters. The van der Waals surface area contributed by atoms with Crippen LogP contribution in [0.3, 0.4) is 0 Å². The average Bonchev–Trinajstić information content (AvgIpc) is 2.84.